The SMILES string of the molecule is CC(=O)OCC1C[C@H](OP2(=O)OCc3ccccc3CO2)C(OC(C)=O)C(OC(C)=O)[C@H]1OC(C)=O. The van der Waals surface area contributed by atoms with Crippen LogP contribution >= 0.6 is 7.82 Å². The van der Waals surface area contributed by atoms with Gasteiger partial charge in [-0.15, -0.1) is 0 Å². The molecule has 1 heterocycles. The van der Waals surface area contributed by atoms with Crippen LogP contribution in [0.4, 0.5) is 0 Å². The van der Waals surface area contributed by atoms with E-state index < -0.39 is 62.0 Å². The minimum Gasteiger partial charge on any atom is -0.465 e. The standard InChI is InChI=1S/C23H29O12P/c1-13(24)29-10-19-9-20(35-36(28)30-11-17-7-5-6-8-18(17)12-31-36)22(33-15(3)26)23(34-16(4)27)21(19)32-14(2)25/h5-8,19-23H,9-12H2,1-4H3/t19?,20-,21-,22?,23?/m0/s1. The van der Waals surface area contributed by atoms with Gasteiger partial charge in [-0.05, 0) is 17.5 Å². The molecule has 1 saturated carbocycles. The van der Waals surface area contributed by atoms with Crippen molar-refractivity contribution in [1.82, 2.24) is 0 Å². The highest BCUT2D eigenvalue weighted by atomic mass is 31.2. The van der Waals surface area contributed by atoms with E-state index >= 15 is 0 Å². The molecular weight excluding hydrogens is 499 g/mol. The van der Waals surface area contributed by atoms with E-state index in [9.17, 15) is 23.7 Å². The molecule has 0 saturated heterocycles. The maximum absolute atomic E-state index is 13.5. The van der Waals surface area contributed by atoms with E-state index in [4.69, 9.17) is 32.5 Å². The molecule has 0 bridgehead atoms. The minimum absolute atomic E-state index is 0.0568. The maximum atomic E-state index is 13.5. The normalized spacial score (nSPS) is 27.1. The predicted octanol–water partition coefficient (Wildman–Crippen LogP) is 2.60. The Labute approximate surface area is 208 Å². The lowest BCUT2D eigenvalue weighted by molar-refractivity contribution is -0.215. The van der Waals surface area contributed by atoms with Crippen molar-refractivity contribution in [2.45, 2.75) is 71.7 Å². The van der Waals surface area contributed by atoms with Crippen LogP contribution in [0, 0.1) is 5.92 Å². The van der Waals surface area contributed by atoms with Gasteiger partial charge >= 0.3 is 31.7 Å². The van der Waals surface area contributed by atoms with Crippen molar-refractivity contribution in [1.29, 1.82) is 0 Å². The fraction of sp³-hybridized carbons (Fsp3) is 0.565. The highest BCUT2D eigenvalue weighted by Gasteiger charge is 2.53. The van der Waals surface area contributed by atoms with Crippen LogP contribution in [0.25, 0.3) is 0 Å². The van der Waals surface area contributed by atoms with Crippen molar-refractivity contribution in [2.75, 3.05) is 6.61 Å². The number of rotatable bonds is 7. The third-order valence-corrected chi connectivity index (χ3v) is 6.98. The predicted molar refractivity (Wildman–Crippen MR) is 120 cm³/mol. The lowest BCUT2D eigenvalue weighted by Crippen LogP contribution is -2.59. The van der Waals surface area contributed by atoms with Crippen molar-refractivity contribution in [3.63, 3.8) is 0 Å². The molecule has 1 fully saturated rings. The summed E-state index contributed by atoms with van der Waals surface area (Å²) in [5.74, 6) is -3.58. The number of ether oxygens (including phenoxy) is 4. The Morgan fingerprint density at radius 3 is 1.81 bits per heavy atom. The van der Waals surface area contributed by atoms with Crippen LogP contribution in [0.15, 0.2) is 24.3 Å². The molecule has 1 aliphatic carbocycles. The monoisotopic (exact) mass is 528 g/mol. The molecule has 0 N–H and O–H groups in total. The summed E-state index contributed by atoms with van der Waals surface area (Å²) in [5, 5.41) is 0. The van der Waals surface area contributed by atoms with Crippen molar-refractivity contribution >= 4 is 31.7 Å². The summed E-state index contributed by atoms with van der Waals surface area (Å²) in [7, 11) is -4.21. The van der Waals surface area contributed by atoms with Crippen LogP contribution in [0.5, 0.6) is 0 Å². The summed E-state index contributed by atoms with van der Waals surface area (Å²) in [6.45, 7) is 4.25. The molecule has 2 aliphatic rings. The summed E-state index contributed by atoms with van der Waals surface area (Å²) in [4.78, 5) is 47.2. The molecule has 1 aromatic carbocycles. The van der Waals surface area contributed by atoms with Crippen molar-refractivity contribution in [2.24, 2.45) is 5.92 Å². The highest BCUT2D eigenvalue weighted by Crippen LogP contribution is 2.55. The Balaban J connectivity index is 1.93. The first-order valence-electron chi connectivity index (χ1n) is 11.3. The molecule has 1 aromatic rings. The number of hydrogen-bond acceptors (Lipinski definition) is 12. The molecule has 12 nitrogen and oxygen atoms in total. The minimum atomic E-state index is -4.21. The number of hydrogen-bond donors (Lipinski definition) is 0. The number of phosphoric ester groups is 1. The van der Waals surface area contributed by atoms with Crippen molar-refractivity contribution in [3.05, 3.63) is 35.4 Å². The van der Waals surface area contributed by atoms with Gasteiger partial charge in [0.05, 0.1) is 19.8 Å². The van der Waals surface area contributed by atoms with Gasteiger partial charge in [-0.3, -0.25) is 32.7 Å². The molecule has 198 valence electrons. The molecule has 13 heteroatoms. The quantitative estimate of drug-likeness (QED) is 0.291. The van der Waals surface area contributed by atoms with E-state index in [-0.39, 0.29) is 26.2 Å². The van der Waals surface area contributed by atoms with Crippen LogP contribution in [-0.4, -0.2) is 54.9 Å². The third-order valence-electron chi connectivity index (χ3n) is 5.56. The van der Waals surface area contributed by atoms with Crippen molar-refractivity contribution in [3.8, 4) is 0 Å². The fourth-order valence-corrected chi connectivity index (χ4v) is 5.47. The van der Waals surface area contributed by atoms with Crippen LogP contribution in [0.1, 0.15) is 45.2 Å². The molecule has 3 rings (SSSR count). The van der Waals surface area contributed by atoms with Crippen LogP contribution in [0.2, 0.25) is 0 Å². The van der Waals surface area contributed by atoms with Gasteiger partial charge in [0, 0.05) is 33.6 Å². The van der Waals surface area contributed by atoms with Gasteiger partial charge in [0.2, 0.25) is 0 Å². The zero-order valence-electron chi connectivity index (χ0n) is 20.4. The van der Waals surface area contributed by atoms with E-state index in [0.29, 0.717) is 0 Å². The average Bonchev–Trinajstić information content (AvgIpc) is 2.95. The maximum Gasteiger partial charge on any atom is 0.475 e. The Bertz CT molecular complexity index is 1010. The van der Waals surface area contributed by atoms with Gasteiger partial charge < -0.3 is 18.9 Å². The van der Waals surface area contributed by atoms with Gasteiger partial charge in [0.1, 0.15) is 12.2 Å². The number of carbonyl (C=O) groups is 4. The molecule has 36 heavy (non-hydrogen) atoms. The summed E-state index contributed by atoms with van der Waals surface area (Å²) < 4.78 is 51.6. The molecule has 0 radical (unpaired) electrons. The first-order chi connectivity index (χ1) is 17.0. The Morgan fingerprint density at radius 1 is 0.806 bits per heavy atom. The molecule has 0 spiro atoms. The number of carbonyl (C=O) groups excluding carboxylic acids is 4. The lowest BCUT2D eigenvalue weighted by Gasteiger charge is -2.44. The molecule has 3 unspecified atom stereocenters. The van der Waals surface area contributed by atoms with Gasteiger partial charge in [-0.1, -0.05) is 24.3 Å². The fourth-order valence-electron chi connectivity index (χ4n) is 4.14. The van der Waals surface area contributed by atoms with Crippen LogP contribution < -0.4 is 0 Å². The van der Waals surface area contributed by atoms with Crippen molar-refractivity contribution < 1.29 is 56.3 Å². The zero-order valence-corrected chi connectivity index (χ0v) is 21.3. The summed E-state index contributed by atoms with van der Waals surface area (Å²) in [6.07, 6.45) is -5.11. The van der Waals surface area contributed by atoms with Gasteiger partial charge in [-0.2, -0.15) is 0 Å². The molecule has 5 atom stereocenters. The average molecular weight is 528 g/mol. The summed E-state index contributed by atoms with van der Waals surface area (Å²) >= 11 is 0. The number of benzene rings is 1. The number of fused-ring (bicyclic) bond motifs is 1. The second-order valence-corrected chi connectivity index (χ2v) is 10.0. The molecule has 0 aromatic heterocycles. The lowest BCUT2D eigenvalue weighted by atomic mass is 9.80. The van der Waals surface area contributed by atoms with E-state index in [2.05, 4.69) is 0 Å². The second-order valence-electron chi connectivity index (χ2n) is 8.43. The molecule has 1 aliphatic heterocycles. The summed E-state index contributed by atoms with van der Waals surface area (Å²) in [6, 6.07) is 7.20. The smallest absolute Gasteiger partial charge is 0.465 e. The second kappa shape index (κ2) is 12.0. The van der Waals surface area contributed by atoms with E-state index in [1.807, 2.05) is 0 Å². The van der Waals surface area contributed by atoms with Gasteiger partial charge in [0.25, 0.3) is 0 Å². The topological polar surface area (TPSA) is 150 Å². The largest absolute Gasteiger partial charge is 0.475 e. The number of esters is 4. The Kier molecular flexibility index (Phi) is 9.24. The highest BCUT2D eigenvalue weighted by molar-refractivity contribution is 7.48. The van der Waals surface area contributed by atoms with E-state index in [0.717, 1.165) is 31.9 Å². The van der Waals surface area contributed by atoms with Gasteiger partial charge in [0.15, 0.2) is 12.2 Å². The van der Waals surface area contributed by atoms with E-state index in [1.54, 1.807) is 24.3 Å². The van der Waals surface area contributed by atoms with Crippen LogP contribution in [-0.2, 0) is 69.5 Å². The van der Waals surface area contributed by atoms with Gasteiger partial charge in [-0.25, -0.2) is 4.57 Å². The molecule has 0 amide bonds. The Hall–Kier alpha value is -2.79. The summed E-state index contributed by atoms with van der Waals surface area (Å²) in [5.41, 5.74) is 1.53. The zero-order chi connectivity index (χ0) is 26.5. The van der Waals surface area contributed by atoms with E-state index in [1.165, 1.54) is 6.92 Å². The van der Waals surface area contributed by atoms with Crippen LogP contribution in [0.3, 0.4) is 0 Å². The number of phosphoric acid groups is 1. The Morgan fingerprint density at radius 2 is 1.31 bits per heavy atom. The molecular formula is C23H29O12P. The first kappa shape index (κ1) is 27.8. The first-order valence-corrected chi connectivity index (χ1v) is 12.7. The third kappa shape index (κ3) is 7.36.